The Balaban J connectivity index is 2.07. The first-order valence-corrected chi connectivity index (χ1v) is 6.01. The largest absolute Gasteiger partial charge is 0.200 e. The third-order valence-corrected chi connectivity index (χ3v) is 3.40. The van der Waals surface area contributed by atoms with Crippen LogP contribution in [0.4, 0.5) is 0 Å². The van der Waals surface area contributed by atoms with Crippen molar-refractivity contribution in [2.75, 3.05) is 0 Å². The molecule has 5 heteroatoms. The van der Waals surface area contributed by atoms with Gasteiger partial charge in [-0.3, -0.25) is 0 Å². The Bertz CT molecular complexity index is 544. The van der Waals surface area contributed by atoms with Crippen LogP contribution in [-0.4, -0.2) is 19.9 Å². The zero-order valence-corrected chi connectivity index (χ0v) is 9.61. The topological polar surface area (TPSA) is 43.1 Å². The van der Waals surface area contributed by atoms with Gasteiger partial charge in [-0.05, 0) is 6.92 Å². The quantitative estimate of drug-likeness (QED) is 0.753. The van der Waals surface area contributed by atoms with E-state index >= 15 is 0 Å². The molecule has 0 unspecified atom stereocenters. The van der Waals surface area contributed by atoms with E-state index in [-0.39, 0.29) is 0 Å². The number of hydrogen-bond donors (Lipinski definition) is 0. The highest BCUT2D eigenvalue weighted by molar-refractivity contribution is 8.13. The highest BCUT2D eigenvalue weighted by atomic mass is 32.2. The molecule has 4 nitrogen and oxygen atoms in total. The van der Waals surface area contributed by atoms with Crippen LogP contribution in [0.2, 0.25) is 0 Å². The maximum atomic E-state index is 4.55. The second-order valence-electron chi connectivity index (χ2n) is 3.54. The van der Waals surface area contributed by atoms with Gasteiger partial charge in [-0.25, -0.2) is 0 Å². The van der Waals surface area contributed by atoms with Crippen LogP contribution < -0.4 is 0 Å². The number of fused-ring (bicyclic) bond motifs is 1. The number of aromatic nitrogens is 3. The second kappa shape index (κ2) is 3.75. The highest BCUT2D eigenvalue weighted by Gasteiger charge is 2.17. The lowest BCUT2D eigenvalue weighted by Crippen LogP contribution is -2.10. The van der Waals surface area contributed by atoms with E-state index in [2.05, 4.69) is 27.4 Å². The van der Waals surface area contributed by atoms with E-state index in [1.165, 1.54) is 0 Å². The Hall–Kier alpha value is -1.62. The van der Waals surface area contributed by atoms with E-state index in [1.807, 2.05) is 29.8 Å². The van der Waals surface area contributed by atoms with Crippen molar-refractivity contribution in [3.8, 4) is 0 Å². The molecule has 0 fully saturated rings. The molecule has 0 spiro atoms. The van der Waals surface area contributed by atoms with E-state index in [0.29, 0.717) is 0 Å². The number of benzene rings is 1. The number of nitrogens with zero attached hydrogens (tertiary/aromatic N) is 4. The molecule has 1 aliphatic rings. The fraction of sp³-hybridized carbons (Fsp3) is 0.182. The van der Waals surface area contributed by atoms with E-state index in [0.717, 1.165) is 28.0 Å². The zero-order chi connectivity index (χ0) is 11.0. The minimum absolute atomic E-state index is 0.828. The third-order valence-electron chi connectivity index (χ3n) is 2.41. The third kappa shape index (κ3) is 1.53. The minimum Gasteiger partial charge on any atom is -0.200 e. The van der Waals surface area contributed by atoms with Gasteiger partial charge >= 0.3 is 0 Å². The van der Waals surface area contributed by atoms with E-state index in [9.17, 15) is 0 Å². The van der Waals surface area contributed by atoms with Crippen molar-refractivity contribution < 1.29 is 0 Å². The second-order valence-corrected chi connectivity index (χ2v) is 4.50. The lowest BCUT2D eigenvalue weighted by atomic mass is 10.2. The Morgan fingerprint density at radius 1 is 1.19 bits per heavy atom. The van der Waals surface area contributed by atoms with Gasteiger partial charge in [0.2, 0.25) is 0 Å². The maximum absolute atomic E-state index is 4.55. The van der Waals surface area contributed by atoms with Crippen molar-refractivity contribution in [2.45, 2.75) is 12.7 Å². The monoisotopic (exact) mass is 230 g/mol. The van der Waals surface area contributed by atoms with Gasteiger partial charge < -0.3 is 0 Å². The Morgan fingerprint density at radius 2 is 2.00 bits per heavy atom. The molecule has 0 saturated carbocycles. The van der Waals surface area contributed by atoms with Crippen molar-refractivity contribution in [1.82, 2.24) is 14.9 Å². The molecule has 0 atom stereocenters. The minimum atomic E-state index is 0.828. The summed E-state index contributed by atoms with van der Waals surface area (Å²) in [7, 11) is 0. The van der Waals surface area contributed by atoms with Gasteiger partial charge in [0.1, 0.15) is 5.04 Å². The molecule has 1 aromatic carbocycles. The van der Waals surface area contributed by atoms with Crippen LogP contribution in [0.5, 0.6) is 0 Å². The predicted molar refractivity (Wildman–Crippen MR) is 64.4 cm³/mol. The Labute approximate surface area is 97.4 Å². The van der Waals surface area contributed by atoms with E-state index < -0.39 is 0 Å². The zero-order valence-electron chi connectivity index (χ0n) is 8.79. The van der Waals surface area contributed by atoms with Crippen LogP contribution in [0, 0.1) is 6.92 Å². The normalized spacial score (nSPS) is 14.4. The number of hydrogen-bond acceptors (Lipinski definition) is 4. The molecule has 16 heavy (non-hydrogen) atoms. The Morgan fingerprint density at radius 3 is 2.81 bits per heavy atom. The first-order valence-electron chi connectivity index (χ1n) is 5.03. The van der Waals surface area contributed by atoms with Crippen molar-refractivity contribution in [2.24, 2.45) is 5.10 Å². The fourth-order valence-electron chi connectivity index (χ4n) is 1.60. The van der Waals surface area contributed by atoms with E-state index in [1.54, 1.807) is 11.8 Å². The van der Waals surface area contributed by atoms with Crippen molar-refractivity contribution in [3.05, 3.63) is 47.5 Å². The van der Waals surface area contributed by atoms with Crippen LogP contribution >= 0.6 is 11.8 Å². The lowest BCUT2D eigenvalue weighted by molar-refractivity contribution is 0.787. The lowest BCUT2D eigenvalue weighted by Gasteiger charge is -2.12. The molecule has 2 aromatic rings. The van der Waals surface area contributed by atoms with Gasteiger partial charge in [0, 0.05) is 5.56 Å². The van der Waals surface area contributed by atoms with Crippen molar-refractivity contribution in [1.29, 1.82) is 0 Å². The molecule has 80 valence electrons. The summed E-state index contributed by atoms with van der Waals surface area (Å²) in [6.45, 7) is 1.92. The van der Waals surface area contributed by atoms with Gasteiger partial charge in [-0.2, -0.15) is 9.78 Å². The van der Waals surface area contributed by atoms with Gasteiger partial charge in [-0.1, -0.05) is 42.1 Å². The predicted octanol–water partition coefficient (Wildman–Crippen LogP) is 2.04. The van der Waals surface area contributed by atoms with Gasteiger partial charge in [-0.15, -0.1) is 10.2 Å². The summed E-state index contributed by atoms with van der Waals surface area (Å²) in [6.07, 6.45) is 0. The summed E-state index contributed by atoms with van der Waals surface area (Å²) in [5, 5.41) is 13.7. The average molecular weight is 230 g/mol. The van der Waals surface area contributed by atoms with Crippen LogP contribution in [0.25, 0.3) is 0 Å². The number of rotatable bonds is 1. The van der Waals surface area contributed by atoms with Crippen molar-refractivity contribution >= 4 is 16.8 Å². The standard InChI is InChI=1S/C11H10N4S/c1-8-12-13-10-7-16-11(14-15(8)10)9-5-3-2-4-6-9/h2-6H,7H2,1H3. The SMILES string of the molecule is Cc1nnc2n1N=C(c1ccccc1)SC2. The Kier molecular flexibility index (Phi) is 2.25. The summed E-state index contributed by atoms with van der Waals surface area (Å²) >= 11 is 1.70. The number of aryl methyl sites for hydroxylation is 1. The molecule has 2 heterocycles. The number of thioether (sulfide) groups is 1. The molecule has 0 aliphatic carbocycles. The van der Waals surface area contributed by atoms with Gasteiger partial charge in [0.25, 0.3) is 0 Å². The summed E-state index contributed by atoms with van der Waals surface area (Å²) in [5.74, 6) is 2.58. The molecular formula is C11H10N4S. The van der Waals surface area contributed by atoms with Gasteiger partial charge in [0.15, 0.2) is 11.6 Å². The first-order chi connectivity index (χ1) is 7.84. The maximum Gasteiger partial charge on any atom is 0.164 e. The molecule has 0 radical (unpaired) electrons. The smallest absolute Gasteiger partial charge is 0.164 e. The molecule has 1 aliphatic heterocycles. The summed E-state index contributed by atoms with van der Waals surface area (Å²) < 4.78 is 1.82. The van der Waals surface area contributed by atoms with Crippen LogP contribution in [0.15, 0.2) is 35.4 Å². The molecule has 3 rings (SSSR count). The molecule has 0 N–H and O–H groups in total. The van der Waals surface area contributed by atoms with Crippen LogP contribution in [-0.2, 0) is 5.75 Å². The highest BCUT2D eigenvalue weighted by Crippen LogP contribution is 2.23. The fourth-order valence-corrected chi connectivity index (χ4v) is 2.48. The van der Waals surface area contributed by atoms with Crippen molar-refractivity contribution in [3.63, 3.8) is 0 Å². The summed E-state index contributed by atoms with van der Waals surface area (Å²) in [6, 6.07) is 10.2. The molecule has 0 amide bonds. The summed E-state index contributed by atoms with van der Waals surface area (Å²) in [4.78, 5) is 0. The molecule has 0 bridgehead atoms. The first kappa shape index (κ1) is 9.59. The van der Waals surface area contributed by atoms with Gasteiger partial charge in [0.05, 0.1) is 5.75 Å². The molecular weight excluding hydrogens is 220 g/mol. The average Bonchev–Trinajstić information content (AvgIpc) is 2.72. The molecule has 0 saturated heterocycles. The summed E-state index contributed by atoms with van der Waals surface area (Å²) in [5.41, 5.74) is 1.14. The van der Waals surface area contributed by atoms with E-state index in [4.69, 9.17) is 0 Å². The molecule has 1 aromatic heterocycles. The van der Waals surface area contributed by atoms with Crippen LogP contribution in [0.3, 0.4) is 0 Å². The van der Waals surface area contributed by atoms with Crippen LogP contribution in [0.1, 0.15) is 17.2 Å².